The van der Waals surface area contributed by atoms with E-state index in [0.29, 0.717) is 18.4 Å². The lowest BCUT2D eigenvalue weighted by atomic mass is 9.69. The highest BCUT2D eigenvalue weighted by Gasteiger charge is 2.43. The maximum absolute atomic E-state index is 12.1. The predicted molar refractivity (Wildman–Crippen MR) is 90.4 cm³/mol. The first-order valence-electron chi connectivity index (χ1n) is 8.21. The van der Waals surface area contributed by atoms with Crippen LogP contribution in [0.15, 0.2) is 18.2 Å². The number of para-hydroxylation sites is 1. The maximum atomic E-state index is 12.1. The van der Waals surface area contributed by atoms with Gasteiger partial charge in [-0.05, 0) is 45.2 Å². The van der Waals surface area contributed by atoms with E-state index in [1.165, 1.54) is 6.07 Å². The molecule has 3 N–H and O–H groups in total. The summed E-state index contributed by atoms with van der Waals surface area (Å²) >= 11 is 0. The maximum Gasteiger partial charge on any atom is 0.412 e. The Morgan fingerprint density at radius 3 is 2.33 bits per heavy atom. The average Bonchev–Trinajstić information content (AvgIpc) is 2.48. The molecule has 1 fully saturated rings. The van der Waals surface area contributed by atoms with Gasteiger partial charge in [-0.2, -0.15) is 0 Å². The Kier molecular flexibility index (Phi) is 5.06. The van der Waals surface area contributed by atoms with Crippen LogP contribution in [0.2, 0.25) is 0 Å². The second kappa shape index (κ2) is 6.71. The number of ether oxygens (including phenoxy) is 1. The van der Waals surface area contributed by atoms with Crippen molar-refractivity contribution in [1.29, 1.82) is 0 Å². The number of phenols is 1. The number of carboxylic acid groups (broad SMARTS) is 1. The number of carboxylic acids is 1. The molecule has 6 nitrogen and oxygen atoms in total. The minimum Gasteiger partial charge on any atom is -0.506 e. The molecule has 132 valence electrons. The van der Waals surface area contributed by atoms with Gasteiger partial charge in [-0.3, -0.25) is 10.1 Å². The van der Waals surface area contributed by atoms with Crippen LogP contribution < -0.4 is 5.32 Å². The highest BCUT2D eigenvalue weighted by atomic mass is 16.6. The zero-order valence-electron chi connectivity index (χ0n) is 14.4. The van der Waals surface area contributed by atoms with Crippen LogP contribution in [0.3, 0.4) is 0 Å². The number of nitrogens with one attached hydrogen (secondary N) is 1. The van der Waals surface area contributed by atoms with Gasteiger partial charge in [0.05, 0.1) is 11.1 Å². The SMILES string of the molecule is CC(C)(C)OC(=O)Nc1c(O)cccc1C1(C(=O)O)CCCCC1. The fourth-order valence-corrected chi connectivity index (χ4v) is 3.23. The van der Waals surface area contributed by atoms with E-state index in [-0.39, 0.29) is 11.4 Å². The molecule has 0 bridgehead atoms. The van der Waals surface area contributed by atoms with Gasteiger partial charge in [-0.15, -0.1) is 0 Å². The van der Waals surface area contributed by atoms with Crippen molar-refractivity contribution in [2.24, 2.45) is 0 Å². The first kappa shape index (κ1) is 18.1. The van der Waals surface area contributed by atoms with Gasteiger partial charge in [-0.25, -0.2) is 4.79 Å². The zero-order valence-corrected chi connectivity index (χ0v) is 14.4. The Hall–Kier alpha value is -2.24. The van der Waals surface area contributed by atoms with Crippen molar-refractivity contribution < 1.29 is 24.5 Å². The van der Waals surface area contributed by atoms with E-state index in [4.69, 9.17) is 4.74 Å². The summed E-state index contributed by atoms with van der Waals surface area (Å²) in [5.74, 6) is -1.09. The number of hydrogen-bond donors (Lipinski definition) is 3. The summed E-state index contributed by atoms with van der Waals surface area (Å²) in [5, 5.41) is 22.6. The molecular formula is C18H25NO5. The average molecular weight is 335 g/mol. The summed E-state index contributed by atoms with van der Waals surface area (Å²) in [7, 11) is 0. The lowest BCUT2D eigenvalue weighted by Crippen LogP contribution is -2.39. The number of amides is 1. The van der Waals surface area contributed by atoms with E-state index >= 15 is 0 Å². The molecule has 0 heterocycles. The second-order valence-electron chi connectivity index (χ2n) is 7.27. The van der Waals surface area contributed by atoms with Crippen LogP contribution in [-0.2, 0) is 14.9 Å². The van der Waals surface area contributed by atoms with Crippen molar-refractivity contribution in [3.8, 4) is 5.75 Å². The number of hydrogen-bond acceptors (Lipinski definition) is 4. The molecule has 1 aliphatic rings. The lowest BCUT2D eigenvalue weighted by molar-refractivity contribution is -0.145. The largest absolute Gasteiger partial charge is 0.506 e. The minimum atomic E-state index is -1.10. The third-order valence-corrected chi connectivity index (χ3v) is 4.30. The number of benzene rings is 1. The normalized spacial score (nSPS) is 17.1. The van der Waals surface area contributed by atoms with Gasteiger partial charge in [0.1, 0.15) is 11.4 Å². The highest BCUT2D eigenvalue weighted by molar-refractivity contribution is 5.92. The summed E-state index contributed by atoms with van der Waals surface area (Å²) in [6.45, 7) is 5.20. The smallest absolute Gasteiger partial charge is 0.412 e. The van der Waals surface area contributed by atoms with Crippen LogP contribution in [-0.4, -0.2) is 27.9 Å². The summed E-state index contributed by atoms with van der Waals surface area (Å²) in [4.78, 5) is 24.1. The van der Waals surface area contributed by atoms with E-state index in [9.17, 15) is 19.8 Å². The molecule has 0 radical (unpaired) electrons. The van der Waals surface area contributed by atoms with Gasteiger partial charge >= 0.3 is 12.1 Å². The molecule has 0 spiro atoms. The Morgan fingerprint density at radius 2 is 1.79 bits per heavy atom. The molecule has 2 rings (SSSR count). The molecule has 0 saturated heterocycles. The Bertz CT molecular complexity index is 627. The van der Waals surface area contributed by atoms with Gasteiger partial charge in [0.15, 0.2) is 0 Å². The van der Waals surface area contributed by atoms with Crippen LogP contribution >= 0.6 is 0 Å². The van der Waals surface area contributed by atoms with Crippen molar-refractivity contribution in [3.05, 3.63) is 23.8 Å². The molecule has 0 atom stereocenters. The third kappa shape index (κ3) is 3.80. The zero-order chi connectivity index (χ0) is 18.0. The summed E-state index contributed by atoms with van der Waals surface area (Å²) in [6, 6.07) is 4.69. The van der Waals surface area contributed by atoms with Crippen LogP contribution in [0.5, 0.6) is 5.75 Å². The molecule has 1 amide bonds. The number of aliphatic carboxylic acids is 1. The molecule has 1 aromatic rings. The van der Waals surface area contributed by atoms with Crippen molar-refractivity contribution in [2.75, 3.05) is 5.32 Å². The third-order valence-electron chi connectivity index (χ3n) is 4.30. The Balaban J connectivity index is 2.42. The van der Waals surface area contributed by atoms with E-state index in [2.05, 4.69) is 5.32 Å². The Labute approximate surface area is 141 Å². The molecule has 1 aliphatic carbocycles. The lowest BCUT2D eigenvalue weighted by Gasteiger charge is -2.35. The van der Waals surface area contributed by atoms with E-state index in [0.717, 1.165) is 19.3 Å². The van der Waals surface area contributed by atoms with Gasteiger partial charge in [0, 0.05) is 0 Å². The van der Waals surface area contributed by atoms with Crippen molar-refractivity contribution in [1.82, 2.24) is 0 Å². The molecule has 1 saturated carbocycles. The molecule has 1 aromatic carbocycles. The van der Waals surface area contributed by atoms with Gasteiger partial charge in [0.2, 0.25) is 0 Å². The number of aromatic hydroxyl groups is 1. The van der Waals surface area contributed by atoms with Gasteiger partial charge < -0.3 is 14.9 Å². The topological polar surface area (TPSA) is 95.9 Å². The molecule has 24 heavy (non-hydrogen) atoms. The van der Waals surface area contributed by atoms with Crippen molar-refractivity contribution in [2.45, 2.75) is 63.9 Å². The number of phenolic OH excluding ortho intramolecular Hbond substituents is 1. The van der Waals surface area contributed by atoms with Crippen LogP contribution in [0, 0.1) is 0 Å². The van der Waals surface area contributed by atoms with Crippen molar-refractivity contribution >= 4 is 17.7 Å². The fourth-order valence-electron chi connectivity index (χ4n) is 3.23. The molecule has 0 aliphatic heterocycles. The molecule has 0 aromatic heterocycles. The molecule has 0 unspecified atom stereocenters. The number of rotatable bonds is 3. The van der Waals surface area contributed by atoms with E-state index in [1.54, 1.807) is 32.9 Å². The highest BCUT2D eigenvalue weighted by Crippen LogP contribution is 2.45. The summed E-state index contributed by atoms with van der Waals surface area (Å²) < 4.78 is 5.22. The predicted octanol–water partition coefficient (Wildman–Crippen LogP) is 4.03. The first-order valence-corrected chi connectivity index (χ1v) is 8.21. The number of anilines is 1. The number of carbonyl (C=O) groups is 2. The monoisotopic (exact) mass is 335 g/mol. The van der Waals surface area contributed by atoms with Crippen LogP contribution in [0.1, 0.15) is 58.4 Å². The standard InChI is InChI=1S/C18H25NO5/c1-17(2,3)24-16(23)19-14-12(8-7-9-13(14)20)18(15(21)22)10-5-4-6-11-18/h7-9,20H,4-6,10-11H2,1-3H3,(H,19,23)(H,21,22). The van der Waals surface area contributed by atoms with E-state index in [1.807, 2.05) is 0 Å². The molecule has 6 heteroatoms. The van der Waals surface area contributed by atoms with Crippen molar-refractivity contribution in [3.63, 3.8) is 0 Å². The van der Waals surface area contributed by atoms with E-state index < -0.39 is 23.1 Å². The summed E-state index contributed by atoms with van der Waals surface area (Å²) in [5.41, 5.74) is -1.23. The second-order valence-corrected chi connectivity index (χ2v) is 7.27. The Morgan fingerprint density at radius 1 is 1.17 bits per heavy atom. The fraction of sp³-hybridized carbons (Fsp3) is 0.556. The molecular weight excluding hydrogens is 310 g/mol. The van der Waals surface area contributed by atoms with Crippen LogP contribution in [0.4, 0.5) is 10.5 Å². The quantitative estimate of drug-likeness (QED) is 0.725. The number of carbonyl (C=O) groups excluding carboxylic acids is 1. The van der Waals surface area contributed by atoms with Gasteiger partial charge in [-0.1, -0.05) is 31.4 Å². The minimum absolute atomic E-state index is 0.121. The first-order chi connectivity index (χ1) is 11.2. The van der Waals surface area contributed by atoms with Crippen LogP contribution in [0.25, 0.3) is 0 Å². The summed E-state index contributed by atoms with van der Waals surface area (Å²) in [6.07, 6.45) is 2.83. The van der Waals surface area contributed by atoms with Gasteiger partial charge in [0.25, 0.3) is 0 Å².